The van der Waals surface area contributed by atoms with Crippen LogP contribution in [0.1, 0.15) is 18.1 Å². The van der Waals surface area contributed by atoms with Crippen LogP contribution in [0.15, 0.2) is 48.0 Å². The van der Waals surface area contributed by atoms with Gasteiger partial charge in [-0.1, -0.05) is 42.0 Å². The van der Waals surface area contributed by atoms with Gasteiger partial charge in [0.05, 0.1) is 7.11 Å². The van der Waals surface area contributed by atoms with Gasteiger partial charge in [0.15, 0.2) is 0 Å². The predicted octanol–water partition coefficient (Wildman–Crippen LogP) is 4.32. The first-order valence-electron chi connectivity index (χ1n) is 6.21. The van der Waals surface area contributed by atoms with E-state index in [9.17, 15) is 0 Å². The van der Waals surface area contributed by atoms with Crippen molar-refractivity contribution in [2.45, 2.75) is 13.3 Å². The maximum Gasteiger partial charge on any atom is 0.118 e. The number of allylic oxidation sites excluding steroid dienone is 1. The van der Waals surface area contributed by atoms with Crippen LogP contribution in [0.4, 0.5) is 0 Å². The van der Waals surface area contributed by atoms with Crippen molar-refractivity contribution in [3.63, 3.8) is 0 Å². The number of hydrogen-bond donors (Lipinski definition) is 0. The van der Waals surface area contributed by atoms with Crippen molar-refractivity contribution >= 4 is 6.08 Å². The second-order valence-electron chi connectivity index (χ2n) is 4.77. The fourth-order valence-electron chi connectivity index (χ4n) is 2.57. The van der Waals surface area contributed by atoms with E-state index in [2.05, 4.69) is 43.3 Å². The van der Waals surface area contributed by atoms with Gasteiger partial charge in [-0.15, -0.1) is 0 Å². The standard InChI is InChI=1S/C17H16O/c1-12-10-14-4-3-5-16(17(14)11-12)13-6-8-15(18-2)9-7-13/h3-10H,11H2,1-2H3. The second kappa shape index (κ2) is 4.34. The van der Waals surface area contributed by atoms with E-state index in [4.69, 9.17) is 4.74 Å². The summed E-state index contributed by atoms with van der Waals surface area (Å²) in [5.41, 5.74) is 6.84. The van der Waals surface area contributed by atoms with Crippen LogP contribution in [-0.2, 0) is 6.42 Å². The highest BCUT2D eigenvalue weighted by molar-refractivity contribution is 5.77. The number of benzene rings is 2. The van der Waals surface area contributed by atoms with Gasteiger partial charge in [0.1, 0.15) is 5.75 Å². The monoisotopic (exact) mass is 236 g/mol. The molecular formula is C17H16O. The van der Waals surface area contributed by atoms with Gasteiger partial charge >= 0.3 is 0 Å². The Balaban J connectivity index is 2.06. The average molecular weight is 236 g/mol. The molecule has 3 rings (SSSR count). The zero-order valence-corrected chi connectivity index (χ0v) is 10.7. The summed E-state index contributed by atoms with van der Waals surface area (Å²) in [5, 5.41) is 0. The van der Waals surface area contributed by atoms with Crippen molar-refractivity contribution < 1.29 is 4.74 Å². The molecule has 1 nitrogen and oxygen atoms in total. The summed E-state index contributed by atoms with van der Waals surface area (Å²) in [6.07, 6.45) is 3.35. The number of hydrogen-bond acceptors (Lipinski definition) is 1. The summed E-state index contributed by atoms with van der Waals surface area (Å²) >= 11 is 0. The first kappa shape index (κ1) is 11.1. The minimum Gasteiger partial charge on any atom is -0.497 e. The van der Waals surface area contributed by atoms with Crippen molar-refractivity contribution in [1.29, 1.82) is 0 Å². The van der Waals surface area contributed by atoms with Crippen LogP contribution in [0.3, 0.4) is 0 Å². The lowest BCUT2D eigenvalue weighted by atomic mass is 9.96. The topological polar surface area (TPSA) is 9.23 Å². The van der Waals surface area contributed by atoms with Gasteiger partial charge in [-0.2, -0.15) is 0 Å². The number of methoxy groups -OCH3 is 1. The molecule has 1 aliphatic carbocycles. The van der Waals surface area contributed by atoms with Gasteiger partial charge in [-0.3, -0.25) is 0 Å². The summed E-state index contributed by atoms with van der Waals surface area (Å²) in [6.45, 7) is 2.19. The first-order valence-corrected chi connectivity index (χ1v) is 6.21. The van der Waals surface area contributed by atoms with E-state index >= 15 is 0 Å². The molecule has 0 heterocycles. The third kappa shape index (κ3) is 1.82. The van der Waals surface area contributed by atoms with Gasteiger partial charge in [0.2, 0.25) is 0 Å². The highest BCUT2D eigenvalue weighted by atomic mass is 16.5. The minimum absolute atomic E-state index is 0.903. The molecule has 0 N–H and O–H groups in total. The van der Waals surface area contributed by atoms with Crippen LogP contribution in [0.25, 0.3) is 17.2 Å². The highest BCUT2D eigenvalue weighted by Crippen LogP contribution is 2.34. The van der Waals surface area contributed by atoms with Crippen LogP contribution >= 0.6 is 0 Å². The Bertz CT molecular complexity index is 606. The second-order valence-corrected chi connectivity index (χ2v) is 4.77. The summed E-state index contributed by atoms with van der Waals surface area (Å²) in [5.74, 6) is 0.903. The zero-order valence-electron chi connectivity index (χ0n) is 10.7. The normalized spacial score (nSPS) is 13.1. The molecule has 0 atom stereocenters. The van der Waals surface area contributed by atoms with Gasteiger partial charge < -0.3 is 4.74 Å². The molecule has 0 unspecified atom stereocenters. The number of ether oxygens (including phenoxy) is 1. The summed E-state index contributed by atoms with van der Waals surface area (Å²) < 4.78 is 5.20. The minimum atomic E-state index is 0.903. The molecule has 0 saturated heterocycles. The maximum atomic E-state index is 5.20. The van der Waals surface area contributed by atoms with E-state index in [0.717, 1.165) is 12.2 Å². The zero-order chi connectivity index (χ0) is 12.5. The maximum absolute atomic E-state index is 5.20. The third-order valence-corrected chi connectivity index (χ3v) is 3.47. The fraction of sp³-hybridized carbons (Fsp3) is 0.176. The van der Waals surface area contributed by atoms with E-state index in [-0.39, 0.29) is 0 Å². The molecule has 1 heteroatoms. The van der Waals surface area contributed by atoms with Crippen LogP contribution in [0.5, 0.6) is 5.75 Å². The van der Waals surface area contributed by atoms with E-state index in [0.29, 0.717) is 0 Å². The molecule has 90 valence electrons. The van der Waals surface area contributed by atoms with Crippen LogP contribution in [0.2, 0.25) is 0 Å². The molecule has 0 saturated carbocycles. The van der Waals surface area contributed by atoms with Crippen molar-refractivity contribution in [2.24, 2.45) is 0 Å². The molecule has 18 heavy (non-hydrogen) atoms. The van der Waals surface area contributed by atoms with Crippen molar-refractivity contribution in [1.82, 2.24) is 0 Å². The molecule has 0 amide bonds. The SMILES string of the molecule is COc1ccc(-c2cccc3c2CC(C)=C3)cc1. The Labute approximate surface area is 108 Å². The van der Waals surface area contributed by atoms with E-state index in [1.165, 1.54) is 27.8 Å². The van der Waals surface area contributed by atoms with Crippen molar-refractivity contribution in [2.75, 3.05) is 7.11 Å². The third-order valence-electron chi connectivity index (χ3n) is 3.47. The molecule has 0 spiro atoms. The van der Waals surface area contributed by atoms with Crippen molar-refractivity contribution in [3.05, 3.63) is 59.2 Å². The summed E-state index contributed by atoms with van der Waals surface area (Å²) in [6, 6.07) is 14.8. The molecule has 0 bridgehead atoms. The molecule has 0 fully saturated rings. The number of fused-ring (bicyclic) bond motifs is 1. The average Bonchev–Trinajstić information content (AvgIpc) is 2.79. The Morgan fingerprint density at radius 3 is 2.50 bits per heavy atom. The van der Waals surface area contributed by atoms with Gasteiger partial charge in [-0.05, 0) is 47.7 Å². The fourth-order valence-corrected chi connectivity index (χ4v) is 2.57. The highest BCUT2D eigenvalue weighted by Gasteiger charge is 2.14. The molecule has 2 aromatic rings. The smallest absolute Gasteiger partial charge is 0.118 e. The molecule has 0 radical (unpaired) electrons. The molecule has 2 aromatic carbocycles. The van der Waals surface area contributed by atoms with Gasteiger partial charge in [-0.25, -0.2) is 0 Å². The van der Waals surface area contributed by atoms with E-state index in [1.807, 2.05) is 12.1 Å². The Morgan fingerprint density at radius 1 is 1.00 bits per heavy atom. The molecule has 1 aliphatic rings. The lowest BCUT2D eigenvalue weighted by Crippen LogP contribution is -1.90. The molecule has 0 aliphatic heterocycles. The Hall–Kier alpha value is -2.02. The molecular weight excluding hydrogens is 220 g/mol. The Kier molecular flexibility index (Phi) is 2.67. The Morgan fingerprint density at radius 2 is 1.78 bits per heavy atom. The molecule has 0 aromatic heterocycles. The lowest BCUT2D eigenvalue weighted by molar-refractivity contribution is 0.415. The summed E-state index contributed by atoms with van der Waals surface area (Å²) in [4.78, 5) is 0. The van der Waals surface area contributed by atoms with E-state index in [1.54, 1.807) is 7.11 Å². The predicted molar refractivity (Wildman–Crippen MR) is 75.8 cm³/mol. The summed E-state index contributed by atoms with van der Waals surface area (Å²) in [7, 11) is 1.70. The van der Waals surface area contributed by atoms with E-state index < -0.39 is 0 Å². The van der Waals surface area contributed by atoms with Crippen LogP contribution in [-0.4, -0.2) is 7.11 Å². The lowest BCUT2D eigenvalue weighted by Gasteiger charge is -2.09. The number of rotatable bonds is 2. The van der Waals surface area contributed by atoms with Gasteiger partial charge in [0, 0.05) is 0 Å². The largest absolute Gasteiger partial charge is 0.497 e. The van der Waals surface area contributed by atoms with Crippen LogP contribution < -0.4 is 4.74 Å². The quantitative estimate of drug-likeness (QED) is 0.754. The first-order chi connectivity index (χ1) is 8.78. The van der Waals surface area contributed by atoms with Crippen molar-refractivity contribution in [3.8, 4) is 16.9 Å². The van der Waals surface area contributed by atoms with Gasteiger partial charge in [0.25, 0.3) is 0 Å². The van der Waals surface area contributed by atoms with Crippen LogP contribution in [0, 0.1) is 0 Å².